The summed E-state index contributed by atoms with van der Waals surface area (Å²) in [7, 11) is 0. The Hall–Kier alpha value is -2.81. The second kappa shape index (κ2) is 12.0. The number of hydrogen-bond donors (Lipinski definition) is 0. The summed E-state index contributed by atoms with van der Waals surface area (Å²) < 4.78 is 27.4. The Morgan fingerprint density at radius 3 is 2.17 bits per heavy atom. The number of thiocarbonyl (C=S) groups is 1. The molecule has 36 heavy (non-hydrogen) atoms. The summed E-state index contributed by atoms with van der Waals surface area (Å²) in [6, 6.07) is 3.66. The molecule has 0 aliphatic carbocycles. The molecule has 0 bridgehead atoms. The van der Waals surface area contributed by atoms with E-state index in [0.717, 1.165) is 42.3 Å². The van der Waals surface area contributed by atoms with Crippen molar-refractivity contribution in [1.29, 1.82) is 0 Å². The molecule has 0 saturated carbocycles. The van der Waals surface area contributed by atoms with Gasteiger partial charge in [0.1, 0.15) is 12.7 Å². The van der Waals surface area contributed by atoms with Crippen LogP contribution in [0, 0.1) is 0 Å². The summed E-state index contributed by atoms with van der Waals surface area (Å²) in [6.07, 6.45) is -5.06. The van der Waals surface area contributed by atoms with Gasteiger partial charge in [-0.05, 0) is 17.5 Å². The largest absolute Gasteiger partial charge is 0.463 e. The number of carbonyl (C=O) groups is 5. The average molecular weight is 558 g/mol. The predicted octanol–water partition coefficient (Wildman–Crippen LogP) is 2.03. The molecule has 0 N–H and O–H groups in total. The highest BCUT2D eigenvalue weighted by atomic mass is 32.2. The van der Waals surface area contributed by atoms with Crippen LogP contribution >= 0.6 is 35.3 Å². The van der Waals surface area contributed by atoms with Crippen LogP contribution in [0.4, 0.5) is 0 Å². The molecule has 1 amide bonds. The van der Waals surface area contributed by atoms with Gasteiger partial charge < -0.3 is 23.7 Å². The molecule has 1 aromatic heterocycles. The first-order chi connectivity index (χ1) is 17.0. The maximum atomic E-state index is 13.4. The van der Waals surface area contributed by atoms with Crippen LogP contribution in [-0.4, -0.2) is 76.3 Å². The van der Waals surface area contributed by atoms with Crippen molar-refractivity contribution in [2.75, 3.05) is 6.61 Å². The quantitative estimate of drug-likeness (QED) is 0.210. The Bertz CT molecular complexity index is 1090. The number of ether oxygens (including phenoxy) is 5. The lowest BCUT2D eigenvalue weighted by Crippen LogP contribution is -2.66. The first kappa shape index (κ1) is 27.8. The van der Waals surface area contributed by atoms with Gasteiger partial charge in [0.15, 0.2) is 28.9 Å². The highest BCUT2D eigenvalue weighted by Gasteiger charge is 2.56. The third-order valence-corrected chi connectivity index (χ3v) is 7.01. The molecule has 3 rings (SSSR count). The van der Waals surface area contributed by atoms with Crippen LogP contribution < -0.4 is 0 Å². The molecular weight excluding hydrogens is 534 g/mol. The second-order valence-corrected chi connectivity index (χ2v) is 10.3. The molecule has 11 nitrogen and oxygen atoms in total. The molecule has 2 aliphatic rings. The normalized spacial score (nSPS) is 27.1. The number of nitrogens with zero attached hydrogens (tertiary/aromatic N) is 1. The summed E-state index contributed by atoms with van der Waals surface area (Å²) >= 11 is 7.88. The molecule has 14 heteroatoms. The van der Waals surface area contributed by atoms with Crippen molar-refractivity contribution in [2.45, 2.75) is 58.3 Å². The molecule has 2 fully saturated rings. The Morgan fingerprint density at radius 2 is 1.61 bits per heavy atom. The maximum absolute atomic E-state index is 13.4. The van der Waals surface area contributed by atoms with E-state index >= 15 is 0 Å². The Labute approximate surface area is 220 Å². The van der Waals surface area contributed by atoms with Crippen LogP contribution in [0.1, 0.15) is 32.6 Å². The molecule has 2 aliphatic heterocycles. The van der Waals surface area contributed by atoms with E-state index in [0.29, 0.717) is 4.91 Å². The topological polar surface area (TPSA) is 135 Å². The number of thiophene rings is 1. The zero-order chi connectivity index (χ0) is 26.6. The molecule has 5 atom stereocenters. The minimum atomic E-state index is -1.42. The highest BCUT2D eigenvalue weighted by molar-refractivity contribution is 8.26. The molecule has 1 aromatic rings. The van der Waals surface area contributed by atoms with Crippen molar-refractivity contribution in [3.05, 3.63) is 27.3 Å². The number of rotatable bonds is 7. The lowest BCUT2D eigenvalue weighted by Gasteiger charge is -2.46. The van der Waals surface area contributed by atoms with Gasteiger partial charge in [-0.2, -0.15) is 0 Å². The third kappa shape index (κ3) is 6.69. The first-order valence-electron chi connectivity index (χ1n) is 10.6. The van der Waals surface area contributed by atoms with Gasteiger partial charge in [0.2, 0.25) is 0 Å². The summed E-state index contributed by atoms with van der Waals surface area (Å²) in [6.45, 7) is 4.12. The zero-order valence-corrected chi connectivity index (χ0v) is 22.1. The number of thioether (sulfide) groups is 1. The second-order valence-electron chi connectivity index (χ2n) is 7.66. The molecular formula is C22H23NO10S3. The predicted molar refractivity (Wildman–Crippen MR) is 131 cm³/mol. The lowest BCUT2D eigenvalue weighted by molar-refractivity contribution is -0.268. The van der Waals surface area contributed by atoms with Gasteiger partial charge in [-0.1, -0.05) is 30.0 Å². The van der Waals surface area contributed by atoms with Crippen LogP contribution in [0.15, 0.2) is 22.4 Å². The minimum Gasteiger partial charge on any atom is -0.463 e. The van der Waals surface area contributed by atoms with Crippen LogP contribution in [0.25, 0.3) is 6.08 Å². The van der Waals surface area contributed by atoms with Crippen molar-refractivity contribution in [1.82, 2.24) is 4.90 Å². The van der Waals surface area contributed by atoms with E-state index in [1.54, 1.807) is 6.08 Å². The van der Waals surface area contributed by atoms with Crippen LogP contribution in [0.2, 0.25) is 0 Å². The zero-order valence-electron chi connectivity index (χ0n) is 19.7. The van der Waals surface area contributed by atoms with Crippen molar-refractivity contribution in [3.63, 3.8) is 0 Å². The lowest BCUT2D eigenvalue weighted by atomic mass is 9.96. The number of hydrogen-bond acceptors (Lipinski definition) is 13. The Morgan fingerprint density at radius 1 is 1.00 bits per heavy atom. The molecule has 2 saturated heterocycles. The Balaban J connectivity index is 2.04. The molecule has 0 spiro atoms. The maximum Gasteiger partial charge on any atom is 0.303 e. The Kier molecular flexibility index (Phi) is 9.22. The van der Waals surface area contributed by atoms with E-state index in [2.05, 4.69) is 0 Å². The number of carbonyl (C=O) groups excluding carboxylic acids is 5. The molecule has 194 valence electrons. The third-order valence-electron chi connectivity index (χ3n) is 4.86. The van der Waals surface area contributed by atoms with Crippen LogP contribution in [0.5, 0.6) is 0 Å². The van der Waals surface area contributed by atoms with Gasteiger partial charge in [-0.15, -0.1) is 11.3 Å². The van der Waals surface area contributed by atoms with Crippen molar-refractivity contribution < 1.29 is 47.7 Å². The summed E-state index contributed by atoms with van der Waals surface area (Å²) in [4.78, 5) is 63.0. The van der Waals surface area contributed by atoms with Gasteiger partial charge in [0.25, 0.3) is 5.91 Å². The van der Waals surface area contributed by atoms with Gasteiger partial charge in [0, 0.05) is 32.6 Å². The smallest absolute Gasteiger partial charge is 0.303 e. The molecule has 3 heterocycles. The van der Waals surface area contributed by atoms with E-state index in [4.69, 9.17) is 35.9 Å². The first-order valence-corrected chi connectivity index (χ1v) is 12.7. The molecule has 0 unspecified atom stereocenters. The van der Waals surface area contributed by atoms with Gasteiger partial charge in [-0.25, -0.2) is 0 Å². The van der Waals surface area contributed by atoms with E-state index in [-0.39, 0.29) is 4.32 Å². The van der Waals surface area contributed by atoms with Gasteiger partial charge in [-0.3, -0.25) is 28.9 Å². The fourth-order valence-electron chi connectivity index (χ4n) is 3.62. The average Bonchev–Trinajstić information content (AvgIpc) is 3.37. The van der Waals surface area contributed by atoms with E-state index in [9.17, 15) is 24.0 Å². The standard InChI is InChI=1S/C22H23NO10S3/c1-10(24)29-9-15-17(30-11(2)25)18(31-12(3)26)19(32-13(4)27)21(33-15)23-20(28)16(36-22(23)34)8-14-6-5-7-35-14/h5-8,15,17-19,21H,9H2,1-4H3/b16-8+/t15-,17+,18+,19+,21-/m1/s1. The summed E-state index contributed by atoms with van der Waals surface area (Å²) in [5.41, 5.74) is 0. The summed E-state index contributed by atoms with van der Waals surface area (Å²) in [5.74, 6) is -3.47. The van der Waals surface area contributed by atoms with E-state index < -0.39 is 67.0 Å². The van der Waals surface area contributed by atoms with Gasteiger partial charge in [0.05, 0.1) is 4.91 Å². The van der Waals surface area contributed by atoms with E-state index in [1.807, 2.05) is 17.5 Å². The van der Waals surface area contributed by atoms with Crippen LogP contribution in [0.3, 0.4) is 0 Å². The SMILES string of the molecule is CC(=O)OC[C@H]1O[C@@H](N2C(=O)/C(=C\c3cccs3)SC2=S)[C@@H](OC(C)=O)[C@@H](OC(C)=O)[C@H]1OC(C)=O. The van der Waals surface area contributed by atoms with E-state index in [1.165, 1.54) is 18.3 Å². The van der Waals surface area contributed by atoms with Crippen LogP contribution in [-0.2, 0) is 47.7 Å². The fourth-order valence-corrected chi connectivity index (χ4v) is 5.65. The van der Waals surface area contributed by atoms with Crippen molar-refractivity contribution >= 4 is 75.5 Å². The summed E-state index contributed by atoms with van der Waals surface area (Å²) in [5, 5.41) is 1.85. The minimum absolute atomic E-state index is 0.101. The molecule has 0 radical (unpaired) electrons. The molecule has 0 aromatic carbocycles. The van der Waals surface area contributed by atoms with Crippen molar-refractivity contribution in [3.8, 4) is 0 Å². The number of esters is 4. The fraction of sp³-hybridized carbons (Fsp3) is 0.455. The highest BCUT2D eigenvalue weighted by Crippen LogP contribution is 2.39. The monoisotopic (exact) mass is 557 g/mol. The van der Waals surface area contributed by atoms with Gasteiger partial charge >= 0.3 is 23.9 Å². The van der Waals surface area contributed by atoms with Crippen molar-refractivity contribution in [2.24, 2.45) is 0 Å². The number of amides is 1.